The van der Waals surface area contributed by atoms with Crippen molar-refractivity contribution in [2.45, 2.75) is 123 Å². The summed E-state index contributed by atoms with van der Waals surface area (Å²) in [6.45, 7) is 11.4. The van der Waals surface area contributed by atoms with Gasteiger partial charge in [0, 0.05) is 12.8 Å². The number of hydrogen-bond acceptors (Lipinski definition) is 8. The molecule has 6 amide bonds. The molecule has 2 aromatic carbocycles. The molecule has 1 aliphatic rings. The smallest absolute Gasteiger partial charge is 0.243 e. The number of carbonyl (C=O) groups is 6. The van der Waals surface area contributed by atoms with Gasteiger partial charge < -0.3 is 42.7 Å². The van der Waals surface area contributed by atoms with E-state index in [1.165, 1.54) is 12.1 Å². The Balaban J connectivity index is 2.15. The molecular weight excluding hydrogens is 702 g/mol. The Bertz CT molecular complexity index is 1590. The number of unbranched alkanes of at least 4 members (excludes halogenated alkanes) is 1. The van der Waals surface area contributed by atoms with Crippen molar-refractivity contribution in [1.82, 2.24) is 31.9 Å². The van der Waals surface area contributed by atoms with E-state index in [-0.39, 0.29) is 43.3 Å². The van der Waals surface area contributed by atoms with E-state index in [0.29, 0.717) is 31.4 Å². The standard InChI is InChI=1S/C41H61N7O7/c1-7-26(6)35-41(55)46-32(23-28-16-18-29(49)19-17-28)37(51)43-30(15-11-12-20-42)36(50)44-33(22-27-13-9-8-10-14-27)39(53)47-34(25(4)5)40(54)45-31(21-24(2)3)38(52)48-35/h8-10,13-14,16-19,24-26,30-35,49H,7,11-12,15,20-23,42H2,1-6H3,(H,43,51)(H,44,50)(H,45,54)(H,46,55)(H,47,53)(H,48,52)/t26-,30+,31+,32-,33-,34+,35-/m0/s1. The fraction of sp³-hybridized carbons (Fsp3) is 0.561. The van der Waals surface area contributed by atoms with Crippen LogP contribution in [-0.4, -0.2) is 83.3 Å². The third-order valence-corrected chi connectivity index (χ3v) is 9.88. The minimum Gasteiger partial charge on any atom is -0.508 e. The molecule has 14 heteroatoms. The number of amides is 6. The first-order valence-electron chi connectivity index (χ1n) is 19.5. The Morgan fingerprint density at radius 1 is 0.582 bits per heavy atom. The lowest BCUT2D eigenvalue weighted by Crippen LogP contribution is -2.63. The van der Waals surface area contributed by atoms with Crippen LogP contribution in [0.4, 0.5) is 0 Å². The summed E-state index contributed by atoms with van der Waals surface area (Å²) in [6.07, 6.45) is 2.07. The number of phenolic OH excluding ortho intramolecular Hbond substituents is 1. The van der Waals surface area contributed by atoms with E-state index in [1.807, 2.05) is 51.1 Å². The van der Waals surface area contributed by atoms with Crippen LogP contribution in [0.1, 0.15) is 84.8 Å². The minimum absolute atomic E-state index is 0.00216. The third kappa shape index (κ3) is 14.0. The Morgan fingerprint density at radius 2 is 1.05 bits per heavy atom. The molecule has 9 N–H and O–H groups in total. The fourth-order valence-corrected chi connectivity index (χ4v) is 6.41. The molecule has 3 rings (SSSR count). The molecule has 0 unspecified atom stereocenters. The summed E-state index contributed by atoms with van der Waals surface area (Å²) in [4.78, 5) is 84.4. The van der Waals surface area contributed by atoms with Gasteiger partial charge in [0.25, 0.3) is 0 Å². The van der Waals surface area contributed by atoms with E-state index in [0.717, 1.165) is 5.56 Å². The van der Waals surface area contributed by atoms with Crippen LogP contribution >= 0.6 is 0 Å². The van der Waals surface area contributed by atoms with Gasteiger partial charge in [-0.2, -0.15) is 0 Å². The zero-order chi connectivity index (χ0) is 40.7. The van der Waals surface area contributed by atoms with Crippen molar-refractivity contribution in [3.63, 3.8) is 0 Å². The van der Waals surface area contributed by atoms with E-state index in [1.54, 1.807) is 32.9 Å². The van der Waals surface area contributed by atoms with Gasteiger partial charge in [-0.05, 0) is 73.2 Å². The highest BCUT2D eigenvalue weighted by molar-refractivity contribution is 5.98. The van der Waals surface area contributed by atoms with Crippen molar-refractivity contribution in [1.29, 1.82) is 0 Å². The van der Waals surface area contributed by atoms with Crippen LogP contribution in [0.25, 0.3) is 0 Å². The summed E-state index contributed by atoms with van der Waals surface area (Å²) in [6, 6.07) is 8.59. The Kier molecular flexibility index (Phi) is 17.6. The summed E-state index contributed by atoms with van der Waals surface area (Å²) >= 11 is 0. The van der Waals surface area contributed by atoms with Crippen molar-refractivity contribution in [2.24, 2.45) is 23.5 Å². The molecular formula is C41H61N7O7. The lowest BCUT2D eigenvalue weighted by Gasteiger charge is -2.31. The molecule has 0 aliphatic carbocycles. The van der Waals surface area contributed by atoms with E-state index in [4.69, 9.17) is 5.73 Å². The van der Waals surface area contributed by atoms with Gasteiger partial charge in [-0.1, -0.05) is 90.4 Å². The van der Waals surface area contributed by atoms with E-state index in [2.05, 4.69) is 31.9 Å². The SMILES string of the molecule is CC[C@H](C)[C@@H]1NC(=O)[C@@H](CC(C)C)NC(=O)[C@@H](C(C)C)NC(=O)[C@H](Cc2ccccc2)NC(=O)[C@@H](CCCCN)NC(=O)[C@H](Cc2ccc(O)cc2)NC1=O. The summed E-state index contributed by atoms with van der Waals surface area (Å²) in [5.74, 6) is -4.45. The maximum Gasteiger partial charge on any atom is 0.243 e. The highest BCUT2D eigenvalue weighted by atomic mass is 16.3. The predicted molar refractivity (Wildman–Crippen MR) is 210 cm³/mol. The van der Waals surface area contributed by atoms with Gasteiger partial charge in [0.05, 0.1) is 0 Å². The molecule has 0 saturated carbocycles. The Hall–Kier alpha value is -4.98. The highest BCUT2D eigenvalue weighted by Crippen LogP contribution is 2.16. The number of aromatic hydroxyl groups is 1. The number of phenols is 1. The van der Waals surface area contributed by atoms with Crippen LogP contribution in [0, 0.1) is 17.8 Å². The number of nitrogens with two attached hydrogens (primary N) is 1. The average molecular weight is 764 g/mol. The number of carbonyl (C=O) groups excluding carboxylic acids is 6. The molecule has 14 nitrogen and oxygen atoms in total. The molecule has 1 fully saturated rings. The normalized spacial score (nSPS) is 24.1. The molecule has 2 aromatic rings. The van der Waals surface area contributed by atoms with Crippen LogP contribution in [0.5, 0.6) is 5.75 Å². The van der Waals surface area contributed by atoms with Gasteiger partial charge in [0.1, 0.15) is 42.0 Å². The molecule has 1 aliphatic heterocycles. The quantitative estimate of drug-likeness (QED) is 0.141. The zero-order valence-electron chi connectivity index (χ0n) is 33.0. The molecule has 0 spiro atoms. The maximum absolute atomic E-state index is 14.2. The monoisotopic (exact) mass is 763 g/mol. The highest BCUT2D eigenvalue weighted by Gasteiger charge is 2.37. The first-order valence-corrected chi connectivity index (χ1v) is 19.5. The molecule has 302 valence electrons. The van der Waals surface area contributed by atoms with Crippen LogP contribution in [0.3, 0.4) is 0 Å². The Morgan fingerprint density at radius 3 is 1.62 bits per heavy atom. The molecule has 7 atom stereocenters. The second-order valence-electron chi connectivity index (χ2n) is 15.3. The molecule has 0 aromatic heterocycles. The summed E-state index contributed by atoms with van der Waals surface area (Å²) in [5.41, 5.74) is 7.13. The predicted octanol–water partition coefficient (Wildman–Crippen LogP) is 1.98. The second-order valence-corrected chi connectivity index (χ2v) is 15.3. The number of rotatable bonds is 13. The summed E-state index contributed by atoms with van der Waals surface area (Å²) in [5, 5.41) is 26.9. The summed E-state index contributed by atoms with van der Waals surface area (Å²) < 4.78 is 0. The van der Waals surface area contributed by atoms with Crippen molar-refractivity contribution >= 4 is 35.4 Å². The van der Waals surface area contributed by atoms with Crippen LogP contribution in [0.15, 0.2) is 54.6 Å². The van der Waals surface area contributed by atoms with Crippen molar-refractivity contribution < 1.29 is 33.9 Å². The minimum atomic E-state index is -1.20. The Labute approximate surface area is 324 Å². The van der Waals surface area contributed by atoms with Gasteiger partial charge in [-0.25, -0.2) is 0 Å². The van der Waals surface area contributed by atoms with E-state index in [9.17, 15) is 33.9 Å². The van der Waals surface area contributed by atoms with Crippen LogP contribution in [0.2, 0.25) is 0 Å². The number of benzene rings is 2. The van der Waals surface area contributed by atoms with Crippen LogP contribution < -0.4 is 37.6 Å². The molecule has 0 radical (unpaired) electrons. The topological polar surface area (TPSA) is 221 Å². The first kappa shape index (κ1) is 44.4. The molecule has 1 saturated heterocycles. The van der Waals surface area contributed by atoms with Crippen molar-refractivity contribution in [3.8, 4) is 5.75 Å². The van der Waals surface area contributed by atoms with Crippen LogP contribution in [-0.2, 0) is 41.6 Å². The fourth-order valence-electron chi connectivity index (χ4n) is 6.41. The van der Waals surface area contributed by atoms with Gasteiger partial charge in [-0.3, -0.25) is 28.8 Å². The third-order valence-electron chi connectivity index (χ3n) is 9.88. The maximum atomic E-state index is 14.2. The largest absolute Gasteiger partial charge is 0.508 e. The van der Waals surface area contributed by atoms with Gasteiger partial charge >= 0.3 is 0 Å². The van der Waals surface area contributed by atoms with Gasteiger partial charge in [-0.15, -0.1) is 0 Å². The molecule has 0 bridgehead atoms. The van der Waals surface area contributed by atoms with E-state index < -0.39 is 77.6 Å². The lowest BCUT2D eigenvalue weighted by molar-refractivity contribution is -0.137. The first-order chi connectivity index (χ1) is 26.1. The summed E-state index contributed by atoms with van der Waals surface area (Å²) in [7, 11) is 0. The van der Waals surface area contributed by atoms with E-state index >= 15 is 0 Å². The van der Waals surface area contributed by atoms with Crippen molar-refractivity contribution in [2.75, 3.05) is 6.54 Å². The van der Waals surface area contributed by atoms with Gasteiger partial charge in [0.15, 0.2) is 0 Å². The van der Waals surface area contributed by atoms with Crippen molar-refractivity contribution in [3.05, 3.63) is 65.7 Å². The molecule has 55 heavy (non-hydrogen) atoms. The van der Waals surface area contributed by atoms with Gasteiger partial charge in [0.2, 0.25) is 35.4 Å². The number of hydrogen-bond donors (Lipinski definition) is 8. The lowest BCUT2D eigenvalue weighted by atomic mass is 9.95. The second kappa shape index (κ2) is 21.8. The zero-order valence-corrected chi connectivity index (χ0v) is 33.0. The molecule has 1 heterocycles. The average Bonchev–Trinajstić information content (AvgIpc) is 3.14. The number of nitrogens with one attached hydrogen (secondary N) is 6.